The van der Waals surface area contributed by atoms with Crippen molar-refractivity contribution in [2.75, 3.05) is 6.26 Å². The summed E-state index contributed by atoms with van der Waals surface area (Å²) >= 11 is 3.25. The van der Waals surface area contributed by atoms with Crippen molar-refractivity contribution in [1.82, 2.24) is 9.78 Å². The van der Waals surface area contributed by atoms with Gasteiger partial charge in [-0.1, -0.05) is 28.1 Å². The van der Waals surface area contributed by atoms with Gasteiger partial charge in [-0.2, -0.15) is 18.3 Å². The molecule has 142 valence electrons. The molecule has 3 rings (SSSR count). The number of rotatable bonds is 3. The van der Waals surface area contributed by atoms with Gasteiger partial charge in [0.2, 0.25) is 0 Å². The van der Waals surface area contributed by atoms with Crippen LogP contribution < -0.4 is 0 Å². The minimum Gasteiger partial charge on any atom is -0.232 e. The van der Waals surface area contributed by atoms with E-state index in [1.54, 1.807) is 24.3 Å². The minimum absolute atomic E-state index is 0.0340. The average Bonchev–Trinajstić information content (AvgIpc) is 2.99. The molecule has 0 spiro atoms. The summed E-state index contributed by atoms with van der Waals surface area (Å²) in [4.78, 5) is -0.542. The van der Waals surface area contributed by atoms with Crippen molar-refractivity contribution < 1.29 is 26.0 Å². The van der Waals surface area contributed by atoms with Crippen molar-refractivity contribution in [3.05, 3.63) is 64.5 Å². The number of benzene rings is 2. The average molecular weight is 463 g/mol. The fourth-order valence-electron chi connectivity index (χ4n) is 2.46. The van der Waals surface area contributed by atoms with Crippen LogP contribution in [0.4, 0.5) is 17.6 Å². The van der Waals surface area contributed by atoms with Gasteiger partial charge in [0.25, 0.3) is 0 Å². The highest BCUT2D eigenvalue weighted by molar-refractivity contribution is 9.10. The molecule has 2 aromatic carbocycles. The van der Waals surface area contributed by atoms with Gasteiger partial charge < -0.3 is 0 Å². The number of hydrogen-bond donors (Lipinski definition) is 0. The van der Waals surface area contributed by atoms with Crippen molar-refractivity contribution in [2.24, 2.45) is 0 Å². The van der Waals surface area contributed by atoms with Crippen LogP contribution >= 0.6 is 15.9 Å². The molecule has 0 aliphatic heterocycles. The molecule has 0 aliphatic carbocycles. The van der Waals surface area contributed by atoms with E-state index in [0.717, 1.165) is 33.6 Å². The lowest BCUT2D eigenvalue weighted by atomic mass is 10.1. The fraction of sp³-hybridized carbons (Fsp3) is 0.118. The number of sulfone groups is 1. The van der Waals surface area contributed by atoms with Crippen molar-refractivity contribution in [3.8, 4) is 16.9 Å². The zero-order valence-electron chi connectivity index (χ0n) is 13.6. The molecule has 4 nitrogen and oxygen atoms in total. The number of halogens is 5. The van der Waals surface area contributed by atoms with E-state index in [1.807, 2.05) is 0 Å². The molecule has 0 radical (unpaired) electrons. The van der Waals surface area contributed by atoms with Crippen LogP contribution in [0.1, 0.15) is 5.69 Å². The van der Waals surface area contributed by atoms with Gasteiger partial charge >= 0.3 is 6.18 Å². The lowest BCUT2D eigenvalue weighted by molar-refractivity contribution is -0.141. The third kappa shape index (κ3) is 4.06. The number of aromatic nitrogens is 2. The Balaban J connectivity index is 2.21. The van der Waals surface area contributed by atoms with Gasteiger partial charge in [0.05, 0.1) is 11.4 Å². The highest BCUT2D eigenvalue weighted by Gasteiger charge is 2.35. The molecule has 0 fully saturated rings. The summed E-state index contributed by atoms with van der Waals surface area (Å²) in [5.74, 6) is -1.07. The molecule has 27 heavy (non-hydrogen) atoms. The van der Waals surface area contributed by atoms with Gasteiger partial charge in [-0.15, -0.1) is 0 Å². The number of alkyl halides is 3. The van der Waals surface area contributed by atoms with Crippen LogP contribution in [0.25, 0.3) is 16.9 Å². The molecule has 1 heterocycles. The minimum atomic E-state index is -4.69. The van der Waals surface area contributed by atoms with Gasteiger partial charge in [0.1, 0.15) is 10.7 Å². The molecule has 0 unspecified atom stereocenters. The highest BCUT2D eigenvalue weighted by Crippen LogP contribution is 2.34. The molecular weight excluding hydrogens is 452 g/mol. The van der Waals surface area contributed by atoms with Crippen LogP contribution in [-0.2, 0) is 16.0 Å². The lowest BCUT2D eigenvalue weighted by Gasteiger charge is -2.09. The van der Waals surface area contributed by atoms with Gasteiger partial charge in [-0.05, 0) is 30.3 Å². The van der Waals surface area contributed by atoms with E-state index in [2.05, 4.69) is 21.0 Å². The predicted molar refractivity (Wildman–Crippen MR) is 94.8 cm³/mol. The summed E-state index contributed by atoms with van der Waals surface area (Å²) in [5.41, 5.74) is -0.670. The van der Waals surface area contributed by atoms with E-state index >= 15 is 0 Å². The zero-order valence-corrected chi connectivity index (χ0v) is 16.0. The third-order valence-corrected chi connectivity index (χ3v) is 5.36. The first kappa shape index (κ1) is 19.6. The van der Waals surface area contributed by atoms with E-state index in [-0.39, 0.29) is 11.4 Å². The zero-order chi connectivity index (χ0) is 20.0. The standard InChI is InChI=1S/C17H11BrF4N2O2S/c1-27(25,26)15-7-6-12(8-13(15)19)24-14(9-16(23-24)17(20,21)22)10-2-4-11(18)5-3-10/h2-9H,1H3. The maximum atomic E-state index is 14.2. The third-order valence-electron chi connectivity index (χ3n) is 3.70. The number of hydrogen-bond acceptors (Lipinski definition) is 3. The first-order valence-electron chi connectivity index (χ1n) is 7.40. The smallest absolute Gasteiger partial charge is 0.232 e. The van der Waals surface area contributed by atoms with E-state index in [9.17, 15) is 26.0 Å². The van der Waals surface area contributed by atoms with E-state index in [1.165, 1.54) is 6.07 Å². The van der Waals surface area contributed by atoms with Crippen LogP contribution in [-0.4, -0.2) is 24.5 Å². The first-order valence-corrected chi connectivity index (χ1v) is 10.1. The van der Waals surface area contributed by atoms with E-state index in [0.29, 0.717) is 5.56 Å². The van der Waals surface area contributed by atoms with Gasteiger partial charge in [-0.25, -0.2) is 17.5 Å². The summed E-state index contributed by atoms with van der Waals surface area (Å²) in [7, 11) is -3.81. The van der Waals surface area contributed by atoms with Crippen molar-refractivity contribution in [3.63, 3.8) is 0 Å². The number of nitrogens with zero attached hydrogens (tertiary/aromatic N) is 2. The monoisotopic (exact) mass is 462 g/mol. The topological polar surface area (TPSA) is 52.0 Å². The summed E-state index contributed by atoms with van der Waals surface area (Å²) in [5, 5.41) is 3.55. The van der Waals surface area contributed by atoms with Crippen molar-refractivity contribution in [1.29, 1.82) is 0 Å². The first-order chi connectivity index (χ1) is 12.5. The molecule has 3 aromatic rings. The molecule has 10 heteroatoms. The summed E-state index contributed by atoms with van der Waals surface area (Å²) in [6.45, 7) is 0. The second-order valence-electron chi connectivity index (χ2n) is 5.72. The molecule has 0 saturated carbocycles. The molecule has 0 aliphatic rings. The largest absolute Gasteiger partial charge is 0.435 e. The Morgan fingerprint density at radius 3 is 2.19 bits per heavy atom. The van der Waals surface area contributed by atoms with Crippen LogP contribution in [0.5, 0.6) is 0 Å². The normalized spacial score (nSPS) is 12.4. The van der Waals surface area contributed by atoms with Crippen LogP contribution in [0.3, 0.4) is 0 Å². The van der Waals surface area contributed by atoms with Gasteiger partial charge in [0.15, 0.2) is 15.5 Å². The Bertz CT molecular complexity index is 1110. The van der Waals surface area contributed by atoms with E-state index < -0.39 is 32.4 Å². The summed E-state index contributed by atoms with van der Waals surface area (Å²) in [6, 6.07) is 10.4. The quantitative estimate of drug-likeness (QED) is 0.522. The summed E-state index contributed by atoms with van der Waals surface area (Å²) in [6.07, 6.45) is -3.85. The Morgan fingerprint density at radius 2 is 1.67 bits per heavy atom. The van der Waals surface area contributed by atoms with Crippen LogP contribution in [0, 0.1) is 5.82 Å². The highest BCUT2D eigenvalue weighted by atomic mass is 79.9. The molecule has 1 aromatic heterocycles. The Morgan fingerprint density at radius 1 is 1.04 bits per heavy atom. The van der Waals surface area contributed by atoms with Crippen LogP contribution in [0.2, 0.25) is 0 Å². The molecule has 0 atom stereocenters. The fourth-order valence-corrected chi connectivity index (χ4v) is 3.46. The lowest BCUT2D eigenvalue weighted by Crippen LogP contribution is -2.08. The van der Waals surface area contributed by atoms with Gasteiger partial charge in [0, 0.05) is 22.4 Å². The summed E-state index contributed by atoms with van der Waals surface area (Å²) < 4.78 is 78.4. The van der Waals surface area contributed by atoms with Crippen molar-refractivity contribution >= 4 is 25.8 Å². The van der Waals surface area contributed by atoms with Gasteiger partial charge in [-0.3, -0.25) is 0 Å². The SMILES string of the molecule is CS(=O)(=O)c1ccc(-n2nc(C(F)(F)F)cc2-c2ccc(Br)cc2)cc1F. The maximum Gasteiger partial charge on any atom is 0.435 e. The molecule has 0 bridgehead atoms. The Labute approximate surface area is 160 Å². The maximum absolute atomic E-state index is 14.2. The Hall–Kier alpha value is -2.20. The second-order valence-corrected chi connectivity index (χ2v) is 8.62. The molecular formula is C17H11BrF4N2O2S. The molecule has 0 N–H and O–H groups in total. The predicted octanol–water partition coefficient (Wildman–Crippen LogP) is 4.86. The molecule has 0 saturated heterocycles. The van der Waals surface area contributed by atoms with Crippen molar-refractivity contribution in [2.45, 2.75) is 11.1 Å². The van der Waals surface area contributed by atoms with E-state index in [4.69, 9.17) is 0 Å². The van der Waals surface area contributed by atoms with Crippen LogP contribution in [0.15, 0.2) is 57.9 Å². The second kappa shape index (κ2) is 6.75. The Kier molecular flexibility index (Phi) is 4.89. The molecule has 0 amide bonds.